The van der Waals surface area contributed by atoms with E-state index in [2.05, 4.69) is 91.7 Å². The first-order valence-corrected chi connectivity index (χ1v) is 18.8. The van der Waals surface area contributed by atoms with E-state index in [1.54, 1.807) is 0 Å². The van der Waals surface area contributed by atoms with E-state index in [0.29, 0.717) is 30.5 Å². The molecule has 1 aromatic rings. The minimum absolute atomic E-state index is 0.0242. The fourth-order valence-corrected chi connectivity index (χ4v) is 9.91. The van der Waals surface area contributed by atoms with Crippen LogP contribution in [0.4, 0.5) is 0 Å². The summed E-state index contributed by atoms with van der Waals surface area (Å²) in [5.74, 6) is 1.27. The Morgan fingerprint density at radius 3 is 2.66 bits per heavy atom. The van der Waals surface area contributed by atoms with Crippen molar-refractivity contribution in [2.24, 2.45) is 24.8 Å². The van der Waals surface area contributed by atoms with Gasteiger partial charge in [-0.3, -0.25) is 21.0 Å². The third-order valence-corrected chi connectivity index (χ3v) is 12.5. The maximum Gasteiger partial charge on any atom is 0.147 e. The summed E-state index contributed by atoms with van der Waals surface area (Å²) in [4.78, 5) is 2.40. The Hall–Kier alpha value is -1.17. The maximum absolute atomic E-state index is 11.8. The Bertz CT molecular complexity index is 1280. The third-order valence-electron chi connectivity index (χ3n) is 11.5. The first-order chi connectivity index (χ1) is 21.1. The number of fused-ring (bicyclic) bond motifs is 5. The minimum Gasteiger partial charge on any atom is -0.361 e. The van der Waals surface area contributed by atoms with E-state index in [1.807, 2.05) is 0 Å². The van der Waals surface area contributed by atoms with Crippen LogP contribution in [0.15, 0.2) is 12.1 Å². The molecule has 0 aromatic carbocycles. The number of hydrazine groups is 2. The Labute approximate surface area is 263 Å². The molecule has 13 nitrogen and oxygen atoms in total. The van der Waals surface area contributed by atoms with Gasteiger partial charge in [0.15, 0.2) is 0 Å². The van der Waals surface area contributed by atoms with E-state index in [9.17, 15) is 8.42 Å². The largest absolute Gasteiger partial charge is 0.361 e. The van der Waals surface area contributed by atoms with E-state index in [1.165, 1.54) is 17.6 Å². The minimum atomic E-state index is -2.95. The lowest BCUT2D eigenvalue weighted by atomic mass is 9.85. The third kappa shape index (κ3) is 6.13. The first kappa shape index (κ1) is 31.4. The topological polar surface area (TPSA) is 130 Å². The molecule has 44 heavy (non-hydrogen) atoms. The number of hydrogen-bond acceptors (Lipinski definition) is 12. The van der Waals surface area contributed by atoms with Crippen molar-refractivity contribution in [2.45, 2.75) is 88.5 Å². The fraction of sp³-hybridized carbons (Fsp3) is 0.867. The number of nitrogens with zero attached hydrogens (tertiary/aromatic N) is 4. The molecule has 1 aromatic heterocycles. The van der Waals surface area contributed by atoms with Crippen LogP contribution < -0.4 is 32.1 Å². The average Bonchev–Trinajstić information content (AvgIpc) is 3.66. The Balaban J connectivity index is 1.07. The van der Waals surface area contributed by atoms with E-state index in [0.717, 1.165) is 52.0 Å². The van der Waals surface area contributed by atoms with E-state index in [4.69, 9.17) is 4.74 Å². The van der Waals surface area contributed by atoms with Gasteiger partial charge in [-0.25, -0.2) is 23.9 Å². The van der Waals surface area contributed by atoms with Crippen LogP contribution in [-0.2, 0) is 28.2 Å². The molecular formula is C30H54N10O3S. The molecule has 6 saturated heterocycles. The van der Waals surface area contributed by atoms with Crippen LogP contribution in [0.5, 0.6) is 0 Å². The molecule has 6 aliphatic rings. The summed E-state index contributed by atoms with van der Waals surface area (Å²) in [5.41, 5.74) is 10.1. The van der Waals surface area contributed by atoms with E-state index in [-0.39, 0.29) is 48.5 Å². The second-order valence-electron chi connectivity index (χ2n) is 14.4. The first-order valence-electron chi connectivity index (χ1n) is 16.7. The predicted molar refractivity (Wildman–Crippen MR) is 169 cm³/mol. The number of hydrogen-bond donors (Lipinski definition) is 6. The van der Waals surface area contributed by atoms with Gasteiger partial charge in [0.1, 0.15) is 16.1 Å². The van der Waals surface area contributed by atoms with Gasteiger partial charge in [-0.05, 0) is 51.8 Å². The number of aromatic nitrogens is 1. The molecule has 0 saturated carbocycles. The molecule has 0 radical (unpaired) electrons. The fourth-order valence-electron chi connectivity index (χ4n) is 8.75. The Kier molecular flexibility index (Phi) is 8.90. The number of sulfone groups is 1. The van der Waals surface area contributed by atoms with E-state index < -0.39 is 9.84 Å². The zero-order valence-electron chi connectivity index (χ0n) is 27.0. The Morgan fingerprint density at radius 2 is 1.86 bits per heavy atom. The molecule has 7 rings (SSSR count). The summed E-state index contributed by atoms with van der Waals surface area (Å²) in [6.45, 7) is 9.73. The SMILES string of the molecule is C[C@@H]1[C@@H](CS(C)(=O)=O)CN1Cc1ccc(C2NN3C4CC(NCC24)NC2CCNC(N2)C2CNN(C)C2OCC[C@@H]3C)n1C. The summed E-state index contributed by atoms with van der Waals surface area (Å²) < 4.78 is 32.6. The molecule has 0 spiro atoms. The van der Waals surface area contributed by atoms with Gasteiger partial charge in [-0.1, -0.05) is 0 Å². The van der Waals surface area contributed by atoms with Crippen molar-refractivity contribution < 1.29 is 13.2 Å². The molecule has 14 heteroatoms. The summed E-state index contributed by atoms with van der Waals surface area (Å²) in [7, 11) is 1.33. The highest BCUT2D eigenvalue weighted by Gasteiger charge is 2.49. The van der Waals surface area contributed by atoms with Gasteiger partial charge >= 0.3 is 0 Å². The number of ether oxygens (including phenoxy) is 1. The lowest BCUT2D eigenvalue weighted by Crippen LogP contribution is -2.67. The van der Waals surface area contributed by atoms with Gasteiger partial charge in [0, 0.05) is 93.8 Å². The molecule has 0 aliphatic carbocycles. The lowest BCUT2D eigenvalue weighted by Gasteiger charge is -2.46. The van der Waals surface area contributed by atoms with Gasteiger partial charge in [0.2, 0.25) is 0 Å². The van der Waals surface area contributed by atoms with Crippen LogP contribution in [0, 0.1) is 17.8 Å². The normalized spacial score (nSPS) is 42.5. The zero-order valence-corrected chi connectivity index (χ0v) is 27.8. The van der Waals surface area contributed by atoms with Crippen molar-refractivity contribution in [2.75, 3.05) is 51.8 Å². The average molecular weight is 635 g/mol. The summed E-state index contributed by atoms with van der Waals surface area (Å²) in [5, 5.41) is 20.1. The van der Waals surface area contributed by atoms with E-state index >= 15 is 0 Å². The van der Waals surface area contributed by atoms with Crippen molar-refractivity contribution in [3.63, 3.8) is 0 Å². The summed E-state index contributed by atoms with van der Waals surface area (Å²) in [6.07, 6.45) is 5.11. The molecule has 8 unspecified atom stereocenters. The lowest BCUT2D eigenvalue weighted by molar-refractivity contribution is -0.0791. The summed E-state index contributed by atoms with van der Waals surface area (Å²) in [6, 6.07) is 5.79. The molecule has 6 N–H and O–H groups in total. The molecule has 11 atom stereocenters. The van der Waals surface area contributed by atoms with Crippen molar-refractivity contribution >= 4 is 9.84 Å². The van der Waals surface area contributed by atoms with Gasteiger partial charge < -0.3 is 19.9 Å². The molecule has 7 heterocycles. The van der Waals surface area contributed by atoms with Crippen LogP contribution in [0.1, 0.15) is 50.5 Å². The van der Waals surface area contributed by atoms with Crippen LogP contribution >= 0.6 is 0 Å². The molecule has 6 aliphatic heterocycles. The quantitative estimate of drug-likeness (QED) is 0.240. The smallest absolute Gasteiger partial charge is 0.147 e. The highest BCUT2D eigenvalue weighted by molar-refractivity contribution is 7.90. The van der Waals surface area contributed by atoms with Crippen molar-refractivity contribution in [1.82, 2.24) is 51.6 Å². The standard InChI is InChI=1S/C30H54N10O3S/c1-18-9-11-43-30-23(14-33-38(30)4)29-31-10-8-26(35-29)34-27-12-25-22(13-32-27)28(36-40(18)25)24-7-6-21(37(24)3)16-39-15-20(19(39)2)17-44(5,41)42/h6-7,18-20,22-23,25-36H,8-17H2,1-5H3/t18-,19+,20+,22?,23?,25?,26?,27?,28?,29?,30?/m0/s1. The van der Waals surface area contributed by atoms with Crippen LogP contribution in [0.3, 0.4) is 0 Å². The van der Waals surface area contributed by atoms with Crippen LogP contribution in [0.2, 0.25) is 0 Å². The van der Waals surface area contributed by atoms with Crippen molar-refractivity contribution in [1.29, 1.82) is 0 Å². The van der Waals surface area contributed by atoms with Crippen LogP contribution in [0.25, 0.3) is 0 Å². The van der Waals surface area contributed by atoms with Gasteiger partial charge in [-0.15, -0.1) is 0 Å². The maximum atomic E-state index is 11.8. The number of rotatable bonds is 5. The molecule has 4 bridgehead atoms. The number of piperidine rings is 1. The molecular weight excluding hydrogens is 580 g/mol. The molecule has 6 fully saturated rings. The summed E-state index contributed by atoms with van der Waals surface area (Å²) >= 11 is 0. The highest BCUT2D eigenvalue weighted by atomic mass is 32.2. The second kappa shape index (κ2) is 12.5. The van der Waals surface area contributed by atoms with Crippen molar-refractivity contribution in [3.8, 4) is 0 Å². The number of nitrogens with one attached hydrogen (secondary N) is 6. The van der Waals surface area contributed by atoms with Gasteiger partial charge in [0.05, 0.1) is 36.9 Å². The van der Waals surface area contributed by atoms with Gasteiger partial charge in [0.25, 0.3) is 0 Å². The Morgan fingerprint density at radius 1 is 1.02 bits per heavy atom. The van der Waals surface area contributed by atoms with Crippen LogP contribution in [-0.4, -0.2) is 123 Å². The molecule has 0 amide bonds. The number of likely N-dealkylation sites (tertiary alicyclic amines) is 1. The van der Waals surface area contributed by atoms with Crippen molar-refractivity contribution in [3.05, 3.63) is 23.5 Å². The molecule has 248 valence electrons. The zero-order chi connectivity index (χ0) is 30.7. The van der Waals surface area contributed by atoms with Gasteiger partial charge in [-0.2, -0.15) is 0 Å². The predicted octanol–water partition coefficient (Wildman–Crippen LogP) is -0.919. The highest BCUT2D eigenvalue weighted by Crippen LogP contribution is 2.40. The second-order valence-corrected chi connectivity index (χ2v) is 16.6. The monoisotopic (exact) mass is 634 g/mol.